The molecule has 3 aromatic carbocycles. The number of aromatic nitrogens is 3. The number of nitrogens with one attached hydrogen (secondary N) is 6. The molecule has 0 bridgehead atoms. The van der Waals surface area contributed by atoms with Crippen LogP contribution in [0.15, 0.2) is 91.4 Å². The molecule has 16 nitrogen and oxygen atoms in total. The Hall–Kier alpha value is -6.94. The molecule has 10 N–H and O–H groups in total. The van der Waals surface area contributed by atoms with E-state index in [9.17, 15) is 28.8 Å². The van der Waals surface area contributed by atoms with E-state index in [-0.39, 0.29) is 19.3 Å². The van der Waals surface area contributed by atoms with Crippen LogP contribution in [-0.4, -0.2) is 88.9 Å². The molecule has 57 heavy (non-hydrogen) atoms. The molecule has 4 atom stereocenters. The number of fused-ring (bicyclic) bond motifs is 3. The fourth-order valence-electron chi connectivity index (χ4n) is 6.97. The summed E-state index contributed by atoms with van der Waals surface area (Å²) in [7, 11) is 2.12. The van der Waals surface area contributed by atoms with Gasteiger partial charge in [-0.3, -0.25) is 28.8 Å². The Bertz CT molecular complexity index is 2420. The van der Waals surface area contributed by atoms with Crippen molar-refractivity contribution < 1.29 is 38.2 Å². The van der Waals surface area contributed by atoms with Crippen molar-refractivity contribution in [3.8, 4) is 0 Å². The van der Waals surface area contributed by atoms with Crippen LogP contribution in [0, 0.1) is 5.92 Å². The first-order valence-electron chi connectivity index (χ1n) is 18.2. The maximum atomic E-state index is 14.4. The molecule has 0 aliphatic carbocycles. The first-order valence-corrected chi connectivity index (χ1v) is 18.2. The van der Waals surface area contributed by atoms with Crippen LogP contribution >= 0.6 is 0 Å². The zero-order valence-corrected chi connectivity index (χ0v) is 31.3. The van der Waals surface area contributed by atoms with Crippen LogP contribution in [0.4, 0.5) is 0 Å². The molecule has 0 fully saturated rings. The topological polar surface area (TPSA) is 256 Å². The van der Waals surface area contributed by atoms with Gasteiger partial charge in [0.25, 0.3) is 0 Å². The van der Waals surface area contributed by atoms with Crippen LogP contribution in [-0.2, 0) is 57.5 Å². The van der Waals surface area contributed by atoms with Gasteiger partial charge in [0.2, 0.25) is 23.6 Å². The number of hydrogen-bond donors (Lipinski definition) is 8. The molecule has 6 rings (SSSR count). The molecule has 6 aromatic rings. The number of nitrogens with two attached hydrogens (primary N) is 2. The number of methoxy groups -OCH3 is 2. The number of benzene rings is 3. The monoisotopic (exact) mass is 776 g/mol. The van der Waals surface area contributed by atoms with Gasteiger partial charge in [-0.1, -0.05) is 54.6 Å². The summed E-state index contributed by atoms with van der Waals surface area (Å²) in [6.07, 6.45) is 4.79. The van der Waals surface area contributed by atoms with E-state index in [1.807, 2.05) is 72.8 Å². The molecule has 4 amide bonds. The van der Waals surface area contributed by atoms with Crippen molar-refractivity contribution in [2.45, 2.75) is 49.9 Å². The summed E-state index contributed by atoms with van der Waals surface area (Å²) in [5.74, 6) is -6.78. The second kappa shape index (κ2) is 17.7. The van der Waals surface area contributed by atoms with Crippen LogP contribution in [0.1, 0.15) is 23.1 Å². The zero-order chi connectivity index (χ0) is 40.6. The van der Waals surface area contributed by atoms with Gasteiger partial charge in [-0.2, -0.15) is 0 Å². The van der Waals surface area contributed by atoms with Gasteiger partial charge in [0.15, 0.2) is 5.92 Å². The normalized spacial score (nSPS) is 13.5. The third kappa shape index (κ3) is 9.13. The second-order valence-electron chi connectivity index (χ2n) is 13.7. The Balaban J connectivity index is 1.29. The Labute approximate surface area is 326 Å². The Morgan fingerprint density at radius 3 is 1.33 bits per heavy atom. The second-order valence-corrected chi connectivity index (χ2v) is 13.7. The first kappa shape index (κ1) is 39.7. The van der Waals surface area contributed by atoms with Gasteiger partial charge in [-0.25, -0.2) is 0 Å². The molecule has 0 aliphatic heterocycles. The van der Waals surface area contributed by atoms with E-state index in [4.69, 9.17) is 20.9 Å². The van der Waals surface area contributed by atoms with Gasteiger partial charge >= 0.3 is 11.9 Å². The van der Waals surface area contributed by atoms with E-state index in [1.165, 1.54) is 0 Å². The summed E-state index contributed by atoms with van der Waals surface area (Å²) >= 11 is 0. The van der Waals surface area contributed by atoms with Crippen LogP contribution in [0.5, 0.6) is 0 Å². The number of esters is 2. The minimum Gasteiger partial charge on any atom is -0.468 e. The summed E-state index contributed by atoms with van der Waals surface area (Å²) < 4.78 is 9.42. The van der Waals surface area contributed by atoms with Gasteiger partial charge in [0.05, 0.1) is 20.3 Å². The first-order chi connectivity index (χ1) is 27.5. The summed E-state index contributed by atoms with van der Waals surface area (Å²) in [6, 6.07) is 17.3. The number of carbonyl (C=O) groups excluding carboxylic acids is 6. The zero-order valence-electron chi connectivity index (χ0n) is 31.3. The van der Waals surface area contributed by atoms with Gasteiger partial charge in [-0.05, 0) is 41.3 Å². The van der Waals surface area contributed by atoms with E-state index in [0.717, 1.165) is 58.1 Å². The van der Waals surface area contributed by atoms with Crippen LogP contribution in [0.2, 0.25) is 0 Å². The van der Waals surface area contributed by atoms with E-state index in [1.54, 1.807) is 18.6 Å². The molecule has 16 heteroatoms. The highest BCUT2D eigenvalue weighted by molar-refractivity contribution is 5.98. The molecule has 0 saturated heterocycles. The predicted molar refractivity (Wildman–Crippen MR) is 211 cm³/mol. The smallest absolute Gasteiger partial charge is 0.320 e. The van der Waals surface area contributed by atoms with Crippen LogP contribution in [0.3, 0.4) is 0 Å². The molecular formula is C41H44N8O8. The molecule has 3 aromatic heterocycles. The van der Waals surface area contributed by atoms with Crippen molar-refractivity contribution in [3.63, 3.8) is 0 Å². The summed E-state index contributed by atoms with van der Waals surface area (Å²) in [4.78, 5) is 89.4. The number of H-pyrrole nitrogens is 3. The lowest BCUT2D eigenvalue weighted by Crippen LogP contribution is -2.59. The van der Waals surface area contributed by atoms with Crippen LogP contribution < -0.4 is 27.4 Å². The lowest BCUT2D eigenvalue weighted by Gasteiger charge is -2.26. The highest BCUT2D eigenvalue weighted by Crippen LogP contribution is 2.23. The molecule has 0 aliphatic rings. The van der Waals surface area contributed by atoms with Crippen molar-refractivity contribution >= 4 is 68.3 Å². The third-order valence-corrected chi connectivity index (χ3v) is 10.0. The standard InChI is InChI=1S/C41H44N8O8/c1-56-40(54)28(41(55)57-2)18-33(36(43)50)47-38(52)35(17-24-21-46-32-14-8-5-11-27(24)32)49-39(53)34(16-23-20-45-31-13-7-4-10-26(23)31)48-37(51)29(42)15-22-19-44-30-12-6-3-9-25(22)30/h3-14,19-21,28-29,33-35,44-46H,15-18,42H2,1-2H3,(H2,43,50)(H,47,52)(H,48,51)(H,49,53)/t29-,33+,34+,35-/m1/s1. The average Bonchev–Trinajstić information content (AvgIpc) is 3.95. The summed E-state index contributed by atoms with van der Waals surface area (Å²) in [6.45, 7) is 0. The Morgan fingerprint density at radius 1 is 0.561 bits per heavy atom. The number of aromatic amines is 3. The van der Waals surface area contributed by atoms with E-state index >= 15 is 0 Å². The highest BCUT2D eigenvalue weighted by Gasteiger charge is 2.36. The predicted octanol–water partition coefficient (Wildman–Crippen LogP) is 1.78. The van der Waals surface area contributed by atoms with Crippen molar-refractivity contribution in [2.75, 3.05) is 14.2 Å². The molecular weight excluding hydrogens is 732 g/mol. The minimum absolute atomic E-state index is 0.0205. The molecule has 3 heterocycles. The Kier molecular flexibility index (Phi) is 12.3. The number of primary amides is 1. The van der Waals surface area contributed by atoms with Gasteiger partial charge in [-0.15, -0.1) is 0 Å². The van der Waals surface area contributed by atoms with Crippen LogP contribution in [0.25, 0.3) is 32.7 Å². The third-order valence-electron chi connectivity index (χ3n) is 10.0. The SMILES string of the molecule is COC(=O)C(C[C@H](NC(=O)[C@@H](Cc1c[nH]c2ccccc12)NC(=O)[C@H](Cc1c[nH]c2ccccc12)NC(=O)[C@H](N)Cc1c[nH]c2ccccc12)C(N)=O)C(=O)OC. The molecule has 296 valence electrons. The maximum Gasteiger partial charge on any atom is 0.320 e. The van der Waals surface area contributed by atoms with Crippen molar-refractivity contribution in [3.05, 3.63) is 108 Å². The largest absolute Gasteiger partial charge is 0.468 e. The molecule has 0 radical (unpaired) electrons. The number of para-hydroxylation sites is 3. The van der Waals surface area contributed by atoms with Crippen molar-refractivity contribution in [1.29, 1.82) is 0 Å². The van der Waals surface area contributed by atoms with E-state index < -0.39 is 72.1 Å². The van der Waals surface area contributed by atoms with Gasteiger partial charge in [0, 0.05) is 70.6 Å². The maximum absolute atomic E-state index is 14.4. The summed E-state index contributed by atoms with van der Waals surface area (Å²) in [5.41, 5.74) is 16.8. The fourth-order valence-corrected chi connectivity index (χ4v) is 6.97. The fraction of sp³-hybridized carbons (Fsp3) is 0.268. The number of carbonyl (C=O) groups is 6. The lowest BCUT2D eigenvalue weighted by molar-refractivity contribution is -0.159. The average molecular weight is 777 g/mol. The quantitative estimate of drug-likeness (QED) is 0.0496. The molecule has 0 saturated carbocycles. The molecule has 0 spiro atoms. The number of ether oxygens (including phenoxy) is 2. The van der Waals surface area contributed by atoms with E-state index in [0.29, 0.717) is 5.56 Å². The molecule has 0 unspecified atom stereocenters. The lowest BCUT2D eigenvalue weighted by atomic mass is 9.98. The van der Waals surface area contributed by atoms with Crippen molar-refractivity contribution in [2.24, 2.45) is 17.4 Å². The van der Waals surface area contributed by atoms with E-state index in [2.05, 4.69) is 30.9 Å². The number of amides is 4. The van der Waals surface area contributed by atoms with Gasteiger partial charge < -0.3 is 51.8 Å². The highest BCUT2D eigenvalue weighted by atomic mass is 16.5. The number of rotatable bonds is 17. The minimum atomic E-state index is -1.58. The van der Waals surface area contributed by atoms with Crippen molar-refractivity contribution in [1.82, 2.24) is 30.9 Å². The summed E-state index contributed by atoms with van der Waals surface area (Å²) in [5, 5.41) is 10.6. The van der Waals surface area contributed by atoms with Gasteiger partial charge in [0.1, 0.15) is 18.1 Å². The Morgan fingerprint density at radius 2 is 0.930 bits per heavy atom. The number of hydrogen-bond acceptors (Lipinski definition) is 9.